The summed E-state index contributed by atoms with van der Waals surface area (Å²) in [5.74, 6) is 0.673. The number of nitrogens with zero attached hydrogens (tertiary/aromatic N) is 3. The molecule has 1 atom stereocenters. The molecule has 0 aliphatic carbocycles. The zero-order chi connectivity index (χ0) is 18.5. The lowest BCUT2D eigenvalue weighted by Crippen LogP contribution is -2.61. The first-order valence-corrected chi connectivity index (χ1v) is 9.67. The second-order valence-corrected chi connectivity index (χ2v) is 7.25. The number of hydrogen-bond acceptors (Lipinski definition) is 6. The van der Waals surface area contributed by atoms with Crippen molar-refractivity contribution >= 4 is 42.6 Å². The SMILES string of the molecule is Cl.Cl.O=CN1CCNCC1(COc1cccnc1)c1csc(-c2ccccc2)n1. The van der Waals surface area contributed by atoms with Crippen LogP contribution in [-0.2, 0) is 10.3 Å². The highest BCUT2D eigenvalue weighted by atomic mass is 35.5. The summed E-state index contributed by atoms with van der Waals surface area (Å²) in [6.07, 6.45) is 4.27. The molecule has 1 aromatic carbocycles. The van der Waals surface area contributed by atoms with Crippen molar-refractivity contribution in [3.8, 4) is 16.3 Å². The summed E-state index contributed by atoms with van der Waals surface area (Å²) in [7, 11) is 0. The first-order chi connectivity index (χ1) is 13.3. The van der Waals surface area contributed by atoms with E-state index in [1.807, 2.05) is 47.8 Å². The third-order valence-corrected chi connectivity index (χ3v) is 5.63. The van der Waals surface area contributed by atoms with E-state index < -0.39 is 5.54 Å². The quantitative estimate of drug-likeness (QED) is 0.580. The molecule has 9 heteroatoms. The minimum atomic E-state index is -0.653. The highest BCUT2D eigenvalue weighted by Crippen LogP contribution is 2.34. The van der Waals surface area contributed by atoms with Gasteiger partial charge in [-0.15, -0.1) is 36.2 Å². The second kappa shape index (κ2) is 10.5. The van der Waals surface area contributed by atoms with Crippen LogP contribution in [0.5, 0.6) is 5.75 Å². The number of ether oxygens (including phenoxy) is 1. The fourth-order valence-corrected chi connectivity index (χ4v) is 4.16. The molecule has 1 unspecified atom stereocenters. The summed E-state index contributed by atoms with van der Waals surface area (Å²) in [5.41, 5.74) is 1.26. The molecule has 4 rings (SSSR count). The predicted octanol–water partition coefficient (Wildman–Crippen LogP) is 3.38. The number of piperazine rings is 1. The van der Waals surface area contributed by atoms with E-state index in [4.69, 9.17) is 9.72 Å². The van der Waals surface area contributed by atoms with Crippen LogP contribution in [0.2, 0.25) is 0 Å². The molecule has 0 saturated carbocycles. The van der Waals surface area contributed by atoms with Crippen molar-refractivity contribution in [1.82, 2.24) is 20.2 Å². The van der Waals surface area contributed by atoms with E-state index >= 15 is 0 Å². The Balaban J connectivity index is 0.00000150. The third-order valence-electron chi connectivity index (χ3n) is 4.74. The monoisotopic (exact) mass is 452 g/mol. The normalized spacial score (nSPS) is 18.3. The maximum absolute atomic E-state index is 11.8. The minimum absolute atomic E-state index is 0. The fourth-order valence-electron chi connectivity index (χ4n) is 3.25. The molecule has 1 aliphatic rings. The number of amides is 1. The minimum Gasteiger partial charge on any atom is -0.489 e. The molecule has 154 valence electrons. The van der Waals surface area contributed by atoms with Gasteiger partial charge in [-0.05, 0) is 12.1 Å². The van der Waals surface area contributed by atoms with Gasteiger partial charge in [0.25, 0.3) is 0 Å². The number of pyridine rings is 1. The molecule has 1 amide bonds. The Morgan fingerprint density at radius 2 is 2.03 bits per heavy atom. The van der Waals surface area contributed by atoms with Gasteiger partial charge >= 0.3 is 0 Å². The van der Waals surface area contributed by atoms with Gasteiger partial charge < -0.3 is 15.0 Å². The van der Waals surface area contributed by atoms with Gasteiger partial charge in [0.1, 0.15) is 22.9 Å². The Bertz CT molecular complexity index is 898. The summed E-state index contributed by atoms with van der Waals surface area (Å²) >= 11 is 1.58. The molecule has 0 radical (unpaired) electrons. The smallest absolute Gasteiger partial charge is 0.210 e. The van der Waals surface area contributed by atoms with E-state index in [1.54, 1.807) is 28.6 Å². The molecule has 0 bridgehead atoms. The van der Waals surface area contributed by atoms with Gasteiger partial charge in [-0.2, -0.15) is 0 Å². The number of halogens is 2. The maximum atomic E-state index is 11.8. The number of benzene rings is 1. The van der Waals surface area contributed by atoms with Crippen molar-refractivity contribution < 1.29 is 9.53 Å². The van der Waals surface area contributed by atoms with E-state index in [9.17, 15) is 4.79 Å². The van der Waals surface area contributed by atoms with E-state index in [-0.39, 0.29) is 24.8 Å². The zero-order valence-electron chi connectivity index (χ0n) is 15.6. The summed E-state index contributed by atoms with van der Waals surface area (Å²) in [4.78, 5) is 22.6. The van der Waals surface area contributed by atoms with Gasteiger partial charge in [0.2, 0.25) is 6.41 Å². The van der Waals surface area contributed by atoms with Crippen LogP contribution in [0.15, 0.2) is 60.2 Å². The number of hydrogen-bond donors (Lipinski definition) is 1. The molecule has 29 heavy (non-hydrogen) atoms. The molecule has 1 saturated heterocycles. The summed E-state index contributed by atoms with van der Waals surface area (Å²) < 4.78 is 6.01. The van der Waals surface area contributed by atoms with Crippen molar-refractivity contribution in [2.75, 3.05) is 26.2 Å². The molecule has 0 spiro atoms. The Labute approximate surface area is 186 Å². The number of thiazole rings is 1. The lowest BCUT2D eigenvalue weighted by atomic mass is 9.92. The number of aromatic nitrogens is 2. The van der Waals surface area contributed by atoms with Gasteiger partial charge in [-0.3, -0.25) is 9.78 Å². The van der Waals surface area contributed by atoms with E-state index in [0.29, 0.717) is 25.4 Å². The van der Waals surface area contributed by atoms with Crippen LogP contribution >= 0.6 is 36.2 Å². The van der Waals surface area contributed by atoms with Gasteiger partial charge in [0.05, 0.1) is 11.9 Å². The van der Waals surface area contributed by atoms with Crippen LogP contribution in [0.4, 0.5) is 0 Å². The molecule has 3 heterocycles. The Morgan fingerprint density at radius 3 is 2.76 bits per heavy atom. The van der Waals surface area contributed by atoms with Crippen molar-refractivity contribution in [1.29, 1.82) is 0 Å². The predicted molar refractivity (Wildman–Crippen MR) is 119 cm³/mol. The summed E-state index contributed by atoms with van der Waals surface area (Å²) in [6, 6.07) is 13.7. The highest BCUT2D eigenvalue weighted by molar-refractivity contribution is 7.13. The number of nitrogens with one attached hydrogen (secondary N) is 1. The number of carbonyl (C=O) groups excluding carboxylic acids is 1. The molecule has 1 N–H and O–H groups in total. The second-order valence-electron chi connectivity index (χ2n) is 6.39. The van der Waals surface area contributed by atoms with Crippen LogP contribution in [0.3, 0.4) is 0 Å². The molecular weight excluding hydrogens is 431 g/mol. The Kier molecular flexibility index (Phi) is 8.40. The molecule has 6 nitrogen and oxygen atoms in total. The molecule has 1 aliphatic heterocycles. The van der Waals surface area contributed by atoms with Crippen molar-refractivity contribution in [3.05, 3.63) is 65.9 Å². The number of carbonyl (C=O) groups is 1. The molecular formula is C20H22Cl2N4O2S. The average Bonchev–Trinajstić information content (AvgIpc) is 3.25. The van der Waals surface area contributed by atoms with Crippen LogP contribution in [0, 0.1) is 0 Å². The molecule has 3 aromatic rings. The van der Waals surface area contributed by atoms with Gasteiger partial charge in [0.15, 0.2) is 0 Å². The lowest BCUT2D eigenvalue weighted by Gasteiger charge is -2.44. The van der Waals surface area contributed by atoms with Crippen LogP contribution < -0.4 is 10.1 Å². The highest BCUT2D eigenvalue weighted by Gasteiger charge is 2.43. The number of rotatable bonds is 6. The molecule has 1 fully saturated rings. The van der Waals surface area contributed by atoms with Gasteiger partial charge in [-0.1, -0.05) is 30.3 Å². The van der Waals surface area contributed by atoms with Crippen molar-refractivity contribution in [3.63, 3.8) is 0 Å². The first-order valence-electron chi connectivity index (χ1n) is 8.79. The topological polar surface area (TPSA) is 67.4 Å². The average molecular weight is 453 g/mol. The van der Waals surface area contributed by atoms with Crippen LogP contribution in [0.25, 0.3) is 10.6 Å². The van der Waals surface area contributed by atoms with E-state index in [1.165, 1.54) is 0 Å². The Morgan fingerprint density at radius 1 is 1.21 bits per heavy atom. The fraction of sp³-hybridized carbons (Fsp3) is 0.250. The lowest BCUT2D eigenvalue weighted by molar-refractivity contribution is -0.127. The Hall–Kier alpha value is -2.19. The largest absolute Gasteiger partial charge is 0.489 e. The third kappa shape index (κ3) is 4.87. The van der Waals surface area contributed by atoms with Crippen molar-refractivity contribution in [2.24, 2.45) is 0 Å². The van der Waals surface area contributed by atoms with Gasteiger partial charge in [-0.25, -0.2) is 4.98 Å². The standard InChI is InChI=1S/C20H20N4O2S.2ClH/c25-15-24-10-9-22-13-20(24,14-26-17-7-4-8-21-11-17)18-12-27-19(23-18)16-5-2-1-3-6-16;;/h1-8,11-12,15,22H,9-10,13-14H2;2*1H. The van der Waals surface area contributed by atoms with E-state index in [2.05, 4.69) is 10.3 Å². The maximum Gasteiger partial charge on any atom is 0.210 e. The van der Waals surface area contributed by atoms with Crippen LogP contribution in [-0.4, -0.2) is 47.5 Å². The first kappa shape index (κ1) is 23.1. The van der Waals surface area contributed by atoms with Crippen molar-refractivity contribution in [2.45, 2.75) is 5.54 Å². The van der Waals surface area contributed by atoms with E-state index in [0.717, 1.165) is 29.2 Å². The zero-order valence-corrected chi connectivity index (χ0v) is 18.0. The van der Waals surface area contributed by atoms with Gasteiger partial charge in [0, 0.05) is 36.8 Å². The van der Waals surface area contributed by atoms with Crippen LogP contribution in [0.1, 0.15) is 5.69 Å². The summed E-state index contributed by atoms with van der Waals surface area (Å²) in [6.45, 7) is 2.26. The summed E-state index contributed by atoms with van der Waals surface area (Å²) in [5, 5.41) is 6.35. The molecule has 2 aromatic heterocycles.